The maximum absolute atomic E-state index is 10.8. The highest BCUT2D eigenvalue weighted by atomic mass is 35.5. The van der Waals surface area contributed by atoms with Crippen LogP contribution in [0.3, 0.4) is 0 Å². The maximum Gasteiger partial charge on any atom is 0.337 e. The summed E-state index contributed by atoms with van der Waals surface area (Å²) in [5.74, 6) is -1.06. The van der Waals surface area contributed by atoms with Gasteiger partial charge in [-0.05, 0) is 44.2 Å². The lowest BCUT2D eigenvalue weighted by atomic mass is 10.2. The van der Waals surface area contributed by atoms with Gasteiger partial charge in [-0.1, -0.05) is 11.6 Å². The van der Waals surface area contributed by atoms with Gasteiger partial charge in [0.1, 0.15) is 5.03 Å². The summed E-state index contributed by atoms with van der Waals surface area (Å²) in [6, 6.07) is 1.37. The molecule has 0 aliphatic rings. The van der Waals surface area contributed by atoms with E-state index in [-0.39, 0.29) is 10.6 Å². The number of pyridine rings is 1. The predicted molar refractivity (Wildman–Crippen MR) is 76.6 cm³/mol. The van der Waals surface area contributed by atoms with Crippen molar-refractivity contribution >= 4 is 29.3 Å². The van der Waals surface area contributed by atoms with Crippen LogP contribution >= 0.6 is 23.4 Å². The van der Waals surface area contributed by atoms with Crippen LogP contribution in [-0.2, 0) is 0 Å². The standard InChI is InChI=1S/C13H12ClN3O2S/c1-6-7(2)16-13(17-8(6)3)20-11-10(14)4-9(5-15-11)12(18)19/h4-5H,1-3H3,(H,18,19). The second kappa shape index (κ2) is 5.76. The molecular formula is C13H12ClN3O2S. The van der Waals surface area contributed by atoms with Crippen LogP contribution in [0.25, 0.3) is 0 Å². The summed E-state index contributed by atoms with van der Waals surface area (Å²) in [5, 5.41) is 10.2. The molecule has 0 fully saturated rings. The van der Waals surface area contributed by atoms with Crippen LogP contribution in [0.1, 0.15) is 27.3 Å². The number of aryl methyl sites for hydroxylation is 2. The SMILES string of the molecule is Cc1nc(Sc2ncc(C(=O)O)cc2Cl)nc(C)c1C. The molecule has 7 heteroatoms. The number of carboxylic acids is 1. The second-order valence-electron chi connectivity index (χ2n) is 4.22. The van der Waals surface area contributed by atoms with Gasteiger partial charge in [0.15, 0.2) is 5.16 Å². The van der Waals surface area contributed by atoms with E-state index in [0.29, 0.717) is 10.2 Å². The number of aromatic nitrogens is 3. The van der Waals surface area contributed by atoms with E-state index in [1.54, 1.807) is 0 Å². The molecule has 0 radical (unpaired) electrons. The molecule has 104 valence electrons. The third-order valence-electron chi connectivity index (χ3n) is 2.85. The zero-order valence-electron chi connectivity index (χ0n) is 11.1. The highest BCUT2D eigenvalue weighted by Crippen LogP contribution is 2.30. The Hall–Kier alpha value is -1.66. The van der Waals surface area contributed by atoms with Gasteiger partial charge in [-0.2, -0.15) is 0 Å². The van der Waals surface area contributed by atoms with Crippen molar-refractivity contribution in [1.29, 1.82) is 0 Å². The van der Waals surface area contributed by atoms with Crippen LogP contribution in [0.15, 0.2) is 22.4 Å². The molecule has 0 atom stereocenters. The Morgan fingerprint density at radius 3 is 2.35 bits per heavy atom. The number of rotatable bonds is 3. The zero-order valence-corrected chi connectivity index (χ0v) is 12.7. The van der Waals surface area contributed by atoms with Crippen LogP contribution in [0.2, 0.25) is 5.02 Å². The minimum Gasteiger partial charge on any atom is -0.478 e. The Morgan fingerprint density at radius 2 is 1.85 bits per heavy atom. The van der Waals surface area contributed by atoms with Gasteiger partial charge in [-0.15, -0.1) is 0 Å². The highest BCUT2D eigenvalue weighted by Gasteiger charge is 2.12. The number of carbonyl (C=O) groups is 1. The zero-order chi connectivity index (χ0) is 14.9. The molecule has 0 unspecified atom stereocenters. The summed E-state index contributed by atoms with van der Waals surface area (Å²) in [5.41, 5.74) is 2.91. The number of aromatic carboxylic acids is 1. The van der Waals surface area contributed by atoms with Gasteiger partial charge in [-0.25, -0.2) is 19.7 Å². The molecule has 0 aliphatic heterocycles. The van der Waals surface area contributed by atoms with Crippen molar-refractivity contribution in [2.75, 3.05) is 0 Å². The number of halogens is 1. The fourth-order valence-corrected chi connectivity index (χ4v) is 2.57. The van der Waals surface area contributed by atoms with Crippen LogP contribution in [0, 0.1) is 20.8 Å². The fraction of sp³-hybridized carbons (Fsp3) is 0.231. The number of nitrogens with zero attached hydrogens (tertiary/aromatic N) is 3. The Morgan fingerprint density at radius 1 is 1.25 bits per heavy atom. The third kappa shape index (κ3) is 3.08. The van der Waals surface area contributed by atoms with E-state index in [0.717, 1.165) is 17.0 Å². The van der Waals surface area contributed by atoms with Crippen molar-refractivity contribution in [2.45, 2.75) is 31.0 Å². The summed E-state index contributed by atoms with van der Waals surface area (Å²) in [7, 11) is 0. The molecule has 0 aliphatic carbocycles. The molecule has 0 spiro atoms. The highest BCUT2D eigenvalue weighted by molar-refractivity contribution is 7.99. The molecule has 2 rings (SSSR count). The summed E-state index contributed by atoms with van der Waals surface area (Å²) in [6.45, 7) is 5.79. The van der Waals surface area contributed by atoms with Crippen LogP contribution in [-0.4, -0.2) is 26.0 Å². The largest absolute Gasteiger partial charge is 0.478 e. The molecule has 2 aromatic rings. The van der Waals surface area contributed by atoms with Crippen molar-refractivity contribution in [3.05, 3.63) is 39.8 Å². The van der Waals surface area contributed by atoms with Crippen LogP contribution in [0.4, 0.5) is 0 Å². The van der Waals surface area contributed by atoms with E-state index in [4.69, 9.17) is 16.7 Å². The van der Waals surface area contributed by atoms with Gasteiger partial charge in [0.25, 0.3) is 0 Å². The van der Waals surface area contributed by atoms with Crippen molar-refractivity contribution < 1.29 is 9.90 Å². The Bertz CT molecular complexity index is 668. The molecule has 0 bridgehead atoms. The average Bonchev–Trinajstić information content (AvgIpc) is 2.38. The van der Waals surface area contributed by atoms with Crippen molar-refractivity contribution in [3.63, 3.8) is 0 Å². The first-order valence-corrected chi connectivity index (χ1v) is 6.96. The molecule has 0 amide bonds. The van der Waals surface area contributed by atoms with E-state index < -0.39 is 5.97 Å². The minimum absolute atomic E-state index is 0.0523. The van der Waals surface area contributed by atoms with Crippen molar-refractivity contribution in [1.82, 2.24) is 15.0 Å². The van der Waals surface area contributed by atoms with E-state index >= 15 is 0 Å². The molecule has 5 nitrogen and oxygen atoms in total. The van der Waals surface area contributed by atoms with Crippen molar-refractivity contribution in [2.24, 2.45) is 0 Å². The summed E-state index contributed by atoms with van der Waals surface area (Å²) in [6.07, 6.45) is 1.27. The molecule has 2 heterocycles. The minimum atomic E-state index is -1.06. The fourth-order valence-electron chi connectivity index (χ4n) is 1.49. The number of hydrogen-bond donors (Lipinski definition) is 1. The lowest BCUT2D eigenvalue weighted by Gasteiger charge is -2.07. The van der Waals surface area contributed by atoms with E-state index in [1.807, 2.05) is 20.8 Å². The predicted octanol–water partition coefficient (Wildman–Crippen LogP) is 3.30. The van der Waals surface area contributed by atoms with Gasteiger partial charge in [0, 0.05) is 17.6 Å². The quantitative estimate of drug-likeness (QED) is 0.877. The Kier molecular flexibility index (Phi) is 4.25. The summed E-state index contributed by atoms with van der Waals surface area (Å²) < 4.78 is 0. The lowest BCUT2D eigenvalue weighted by molar-refractivity contribution is 0.0696. The molecule has 20 heavy (non-hydrogen) atoms. The molecule has 0 saturated carbocycles. The van der Waals surface area contributed by atoms with Gasteiger partial charge < -0.3 is 5.11 Å². The first-order valence-electron chi connectivity index (χ1n) is 5.77. The summed E-state index contributed by atoms with van der Waals surface area (Å²) >= 11 is 7.25. The van der Waals surface area contributed by atoms with Gasteiger partial charge in [0.05, 0.1) is 10.6 Å². The van der Waals surface area contributed by atoms with Crippen molar-refractivity contribution in [3.8, 4) is 0 Å². The average molecular weight is 310 g/mol. The van der Waals surface area contributed by atoms with E-state index in [9.17, 15) is 4.79 Å². The van der Waals surface area contributed by atoms with Gasteiger partial charge in [-0.3, -0.25) is 0 Å². The van der Waals surface area contributed by atoms with Crippen LogP contribution in [0.5, 0.6) is 0 Å². The third-order valence-corrected chi connectivity index (χ3v) is 4.14. The Balaban J connectivity index is 2.33. The monoisotopic (exact) mass is 309 g/mol. The normalized spacial score (nSPS) is 10.6. The molecule has 0 aromatic carbocycles. The molecule has 1 N–H and O–H groups in total. The summed E-state index contributed by atoms with van der Waals surface area (Å²) in [4.78, 5) is 23.6. The van der Waals surface area contributed by atoms with E-state index in [1.165, 1.54) is 24.0 Å². The van der Waals surface area contributed by atoms with Gasteiger partial charge in [0.2, 0.25) is 0 Å². The first-order chi connectivity index (χ1) is 9.38. The molecule has 0 saturated heterocycles. The first kappa shape index (κ1) is 14.7. The second-order valence-corrected chi connectivity index (χ2v) is 5.58. The molecule has 2 aromatic heterocycles. The van der Waals surface area contributed by atoms with E-state index in [2.05, 4.69) is 15.0 Å². The Labute approximate surface area is 125 Å². The topological polar surface area (TPSA) is 76.0 Å². The smallest absolute Gasteiger partial charge is 0.337 e. The molecular weight excluding hydrogens is 298 g/mol. The van der Waals surface area contributed by atoms with Crippen LogP contribution < -0.4 is 0 Å². The number of hydrogen-bond acceptors (Lipinski definition) is 5. The lowest BCUT2D eigenvalue weighted by Crippen LogP contribution is -2.00. The maximum atomic E-state index is 10.8. The number of carboxylic acid groups (broad SMARTS) is 1. The van der Waals surface area contributed by atoms with Gasteiger partial charge >= 0.3 is 5.97 Å².